The number of urea groups is 1. The molecule has 0 saturated carbocycles. The Kier molecular flexibility index (Phi) is 6.05. The minimum atomic E-state index is -0.680. The first-order valence-corrected chi connectivity index (χ1v) is 9.56. The van der Waals surface area contributed by atoms with Gasteiger partial charge in [0.25, 0.3) is 0 Å². The Bertz CT molecular complexity index is 824. The van der Waals surface area contributed by atoms with E-state index < -0.39 is 11.6 Å². The average Bonchev–Trinajstić information content (AvgIpc) is 3.27. The van der Waals surface area contributed by atoms with E-state index in [9.17, 15) is 13.6 Å². The Labute approximate surface area is 160 Å². The fraction of sp³-hybridized carbons (Fsp3) is 0.368. The summed E-state index contributed by atoms with van der Waals surface area (Å²) in [5, 5.41) is 8.88. The molecule has 0 fully saturated rings. The zero-order valence-electron chi connectivity index (χ0n) is 15.1. The number of hydrogen-bond donors (Lipinski definition) is 1. The summed E-state index contributed by atoms with van der Waals surface area (Å²) < 4.78 is 27.2. The molecule has 1 aromatic heterocycles. The fourth-order valence-corrected chi connectivity index (χ4v) is 3.49. The average molecular weight is 393 g/mol. The van der Waals surface area contributed by atoms with Gasteiger partial charge in [-0.25, -0.2) is 13.6 Å². The monoisotopic (exact) mass is 393 g/mol. The number of nitrogens with one attached hydrogen (secondary N) is 1. The van der Waals surface area contributed by atoms with Gasteiger partial charge in [-0.3, -0.25) is 0 Å². The first-order valence-electron chi connectivity index (χ1n) is 8.68. The maximum absolute atomic E-state index is 14.0. The number of carbonyl (C=O) groups excluding carboxylic acids is 1. The summed E-state index contributed by atoms with van der Waals surface area (Å²) in [6.45, 7) is 3.95. The van der Waals surface area contributed by atoms with E-state index in [1.54, 1.807) is 11.3 Å². The SMILES string of the molecule is CC(C)NC(=O)N(Cc1ccc(F)cc1F)C[C@@H]1CC(c2cccs2)=NO1. The largest absolute Gasteiger partial charge is 0.390 e. The summed E-state index contributed by atoms with van der Waals surface area (Å²) >= 11 is 1.57. The normalized spacial score (nSPS) is 16.2. The van der Waals surface area contributed by atoms with Crippen LogP contribution in [0, 0.1) is 11.6 Å². The van der Waals surface area contributed by atoms with Gasteiger partial charge in [-0.2, -0.15) is 0 Å². The third kappa shape index (κ3) is 5.03. The molecule has 8 heteroatoms. The number of amides is 2. The van der Waals surface area contributed by atoms with E-state index in [-0.39, 0.29) is 36.8 Å². The van der Waals surface area contributed by atoms with Crippen LogP contribution in [0.15, 0.2) is 40.9 Å². The maximum Gasteiger partial charge on any atom is 0.318 e. The third-order valence-corrected chi connectivity index (χ3v) is 4.96. The first kappa shape index (κ1) is 19.3. The first-order chi connectivity index (χ1) is 12.9. The number of thiophene rings is 1. The maximum atomic E-state index is 14.0. The van der Waals surface area contributed by atoms with Crippen molar-refractivity contribution in [2.75, 3.05) is 6.54 Å². The zero-order chi connectivity index (χ0) is 19.4. The van der Waals surface area contributed by atoms with Crippen molar-refractivity contribution in [3.05, 3.63) is 57.8 Å². The van der Waals surface area contributed by atoms with Gasteiger partial charge in [0.15, 0.2) is 6.10 Å². The molecule has 0 bridgehead atoms. The summed E-state index contributed by atoms with van der Waals surface area (Å²) in [5.74, 6) is -1.33. The molecule has 0 saturated heterocycles. The Morgan fingerprint density at radius 1 is 1.41 bits per heavy atom. The second-order valence-electron chi connectivity index (χ2n) is 6.67. The molecule has 1 aliphatic rings. The lowest BCUT2D eigenvalue weighted by molar-refractivity contribution is 0.0584. The minimum absolute atomic E-state index is 0.0128. The second-order valence-corrected chi connectivity index (χ2v) is 7.61. The van der Waals surface area contributed by atoms with Crippen LogP contribution in [0.4, 0.5) is 13.6 Å². The molecule has 1 N–H and O–H groups in total. The highest BCUT2D eigenvalue weighted by Crippen LogP contribution is 2.22. The topological polar surface area (TPSA) is 53.9 Å². The van der Waals surface area contributed by atoms with Crippen molar-refractivity contribution >= 4 is 23.1 Å². The van der Waals surface area contributed by atoms with Crippen LogP contribution < -0.4 is 5.32 Å². The summed E-state index contributed by atoms with van der Waals surface area (Å²) in [4.78, 5) is 20.5. The molecule has 1 aliphatic heterocycles. The van der Waals surface area contributed by atoms with E-state index in [0.717, 1.165) is 16.7 Å². The van der Waals surface area contributed by atoms with Gasteiger partial charge in [0.05, 0.1) is 18.0 Å². The van der Waals surface area contributed by atoms with Crippen LogP contribution in [0.3, 0.4) is 0 Å². The molecule has 27 heavy (non-hydrogen) atoms. The summed E-state index contributed by atoms with van der Waals surface area (Å²) in [6, 6.07) is 6.85. The van der Waals surface area contributed by atoms with Gasteiger partial charge in [0.1, 0.15) is 17.3 Å². The molecule has 1 aromatic carbocycles. The lowest BCUT2D eigenvalue weighted by Crippen LogP contribution is -2.45. The highest BCUT2D eigenvalue weighted by molar-refractivity contribution is 7.12. The van der Waals surface area contributed by atoms with Crippen LogP contribution >= 0.6 is 11.3 Å². The lowest BCUT2D eigenvalue weighted by atomic mass is 10.1. The van der Waals surface area contributed by atoms with Crippen molar-refractivity contribution in [3.8, 4) is 0 Å². The number of halogens is 2. The number of carbonyl (C=O) groups is 1. The molecule has 0 radical (unpaired) electrons. The smallest absolute Gasteiger partial charge is 0.318 e. The number of benzene rings is 1. The van der Waals surface area contributed by atoms with Crippen LogP contribution in [0.25, 0.3) is 0 Å². The van der Waals surface area contributed by atoms with Crippen molar-refractivity contribution in [1.82, 2.24) is 10.2 Å². The molecule has 2 aromatic rings. The van der Waals surface area contributed by atoms with Crippen LogP contribution in [0.2, 0.25) is 0 Å². The van der Waals surface area contributed by atoms with Crippen LogP contribution in [-0.2, 0) is 11.4 Å². The zero-order valence-corrected chi connectivity index (χ0v) is 15.9. The highest BCUT2D eigenvalue weighted by atomic mass is 32.1. The van der Waals surface area contributed by atoms with Gasteiger partial charge < -0.3 is 15.1 Å². The van der Waals surface area contributed by atoms with E-state index in [2.05, 4.69) is 10.5 Å². The quantitative estimate of drug-likeness (QED) is 0.802. The van der Waals surface area contributed by atoms with E-state index in [0.29, 0.717) is 6.42 Å². The Balaban J connectivity index is 1.70. The molecule has 1 atom stereocenters. The van der Waals surface area contributed by atoms with Crippen molar-refractivity contribution in [3.63, 3.8) is 0 Å². The highest BCUT2D eigenvalue weighted by Gasteiger charge is 2.28. The van der Waals surface area contributed by atoms with Crippen molar-refractivity contribution in [2.24, 2.45) is 5.16 Å². The van der Waals surface area contributed by atoms with Crippen LogP contribution in [0.1, 0.15) is 30.7 Å². The second kappa shape index (κ2) is 8.47. The Morgan fingerprint density at radius 3 is 2.89 bits per heavy atom. The molecular weight excluding hydrogens is 372 g/mol. The van der Waals surface area contributed by atoms with Gasteiger partial charge in [0, 0.05) is 24.1 Å². The Morgan fingerprint density at radius 2 is 2.22 bits per heavy atom. The van der Waals surface area contributed by atoms with Crippen LogP contribution in [-0.4, -0.2) is 35.3 Å². The van der Waals surface area contributed by atoms with E-state index in [1.165, 1.54) is 17.0 Å². The van der Waals surface area contributed by atoms with Gasteiger partial charge >= 0.3 is 6.03 Å². The van der Waals surface area contributed by atoms with E-state index in [1.807, 2.05) is 31.4 Å². The molecule has 0 unspecified atom stereocenters. The number of nitrogens with zero attached hydrogens (tertiary/aromatic N) is 2. The number of hydrogen-bond acceptors (Lipinski definition) is 4. The van der Waals surface area contributed by atoms with Gasteiger partial charge in [-0.15, -0.1) is 11.3 Å². The molecular formula is C19H21F2N3O2S. The summed E-state index contributed by atoms with van der Waals surface area (Å²) in [5.41, 5.74) is 1.08. The Hall–Kier alpha value is -2.48. The molecule has 5 nitrogen and oxygen atoms in total. The number of oxime groups is 1. The molecule has 3 rings (SSSR count). The van der Waals surface area contributed by atoms with Crippen LogP contribution in [0.5, 0.6) is 0 Å². The van der Waals surface area contributed by atoms with Gasteiger partial charge in [-0.05, 0) is 31.4 Å². The minimum Gasteiger partial charge on any atom is -0.390 e. The molecule has 144 valence electrons. The summed E-state index contributed by atoms with van der Waals surface area (Å²) in [7, 11) is 0. The summed E-state index contributed by atoms with van der Waals surface area (Å²) in [6.07, 6.45) is 0.251. The van der Waals surface area contributed by atoms with E-state index in [4.69, 9.17) is 4.84 Å². The van der Waals surface area contributed by atoms with E-state index >= 15 is 0 Å². The van der Waals surface area contributed by atoms with Crippen molar-refractivity contribution in [1.29, 1.82) is 0 Å². The fourth-order valence-electron chi connectivity index (χ4n) is 2.77. The standard InChI is InChI=1S/C19H21F2N3O2S/c1-12(2)22-19(25)24(10-13-5-6-14(20)8-16(13)21)11-15-9-17(23-26-15)18-4-3-7-27-18/h3-8,12,15H,9-11H2,1-2H3,(H,22,25)/t15-/m0/s1. The molecule has 0 aliphatic carbocycles. The molecule has 2 amide bonds. The predicted octanol–water partition coefficient (Wildman–Crippen LogP) is 4.14. The number of rotatable bonds is 6. The van der Waals surface area contributed by atoms with Gasteiger partial charge in [-0.1, -0.05) is 17.3 Å². The molecule has 0 spiro atoms. The predicted molar refractivity (Wildman–Crippen MR) is 101 cm³/mol. The lowest BCUT2D eigenvalue weighted by Gasteiger charge is -2.26. The van der Waals surface area contributed by atoms with Gasteiger partial charge in [0.2, 0.25) is 0 Å². The third-order valence-electron chi connectivity index (χ3n) is 4.04. The van der Waals surface area contributed by atoms with Crippen molar-refractivity contribution in [2.45, 2.75) is 39.0 Å². The molecule has 2 heterocycles. The van der Waals surface area contributed by atoms with Crippen molar-refractivity contribution < 1.29 is 18.4 Å².